The largest absolute Gasteiger partial charge is 0.461 e. The summed E-state index contributed by atoms with van der Waals surface area (Å²) in [5, 5.41) is 7.94. The third-order valence-corrected chi connectivity index (χ3v) is 8.02. The molecule has 6 heteroatoms. The molecule has 2 heterocycles. The van der Waals surface area contributed by atoms with E-state index >= 15 is 0 Å². The van der Waals surface area contributed by atoms with Gasteiger partial charge in [0, 0.05) is 42.0 Å². The van der Waals surface area contributed by atoms with E-state index in [4.69, 9.17) is 19.0 Å². The van der Waals surface area contributed by atoms with E-state index in [0.29, 0.717) is 30.1 Å². The van der Waals surface area contributed by atoms with Crippen LogP contribution < -0.4 is 0 Å². The van der Waals surface area contributed by atoms with Crippen LogP contribution in [0.4, 0.5) is 0 Å². The molecule has 1 aliphatic heterocycles. The fraction of sp³-hybridized carbons (Fsp3) is 0.512. The Bertz CT molecular complexity index is 1580. The molecule has 2 aromatic carbocycles. The maximum atomic E-state index is 13.1. The number of esters is 2. The first kappa shape index (κ1) is 37.6. The first-order valence-corrected chi connectivity index (χ1v) is 16.6. The lowest BCUT2D eigenvalue weighted by molar-refractivity contribution is -0.160. The molecule has 4 rings (SSSR count). The molecule has 1 unspecified atom stereocenters. The van der Waals surface area contributed by atoms with Gasteiger partial charge in [0.25, 0.3) is 0 Å². The van der Waals surface area contributed by atoms with Crippen LogP contribution in [0.15, 0.2) is 64.6 Å². The standard InChI is InChI=1S/C40H50O5.CH4O/c1-27-10-12-28(13-11-27)14-15-29-17-19-35-32(20-29)22-33(44-35)25-40(8,9)37(42)43-26-34-21-31(36(41)45-34)18-16-30(23-38(2,3)4)24-39(5,6)7;1-2/h10-13,17-20,22,30,34H,16,21,23-26H2,1-9H3;2H,1H3/b31-18+;. The second-order valence-electron chi connectivity index (χ2n) is 15.8. The van der Waals surface area contributed by atoms with Gasteiger partial charge in [0.05, 0.1) is 5.41 Å². The minimum atomic E-state index is -0.823. The van der Waals surface area contributed by atoms with Gasteiger partial charge in [-0.15, -0.1) is 0 Å². The molecule has 1 aliphatic rings. The predicted molar refractivity (Wildman–Crippen MR) is 189 cm³/mol. The van der Waals surface area contributed by atoms with Crippen LogP contribution in [0.3, 0.4) is 0 Å². The highest BCUT2D eigenvalue weighted by atomic mass is 16.6. The minimum absolute atomic E-state index is 0.0435. The van der Waals surface area contributed by atoms with E-state index in [0.717, 1.165) is 48.5 Å². The van der Waals surface area contributed by atoms with Gasteiger partial charge in [0.1, 0.15) is 24.1 Å². The first-order valence-electron chi connectivity index (χ1n) is 16.6. The lowest BCUT2D eigenvalue weighted by Crippen LogP contribution is -2.31. The number of benzene rings is 2. The van der Waals surface area contributed by atoms with E-state index in [1.54, 1.807) is 0 Å². The molecule has 47 heavy (non-hydrogen) atoms. The summed E-state index contributed by atoms with van der Waals surface area (Å²) in [5.74, 6) is 6.97. The number of aliphatic hydroxyl groups excluding tert-OH is 1. The van der Waals surface area contributed by atoms with E-state index in [1.165, 1.54) is 5.56 Å². The monoisotopic (exact) mass is 642 g/mol. The van der Waals surface area contributed by atoms with Crippen molar-refractivity contribution < 1.29 is 28.6 Å². The molecule has 3 aromatic rings. The van der Waals surface area contributed by atoms with Gasteiger partial charge < -0.3 is 19.0 Å². The number of allylic oxidation sites excluding steroid dienone is 1. The quantitative estimate of drug-likeness (QED) is 0.142. The SMILES string of the molecule is CO.Cc1ccc(C#Cc2ccc3oc(CC(C)(C)C(=O)OCC4C/C(=C\CC(CC(C)(C)C)CC(C)(C)C)C(=O)O4)cc3c2)cc1. The number of hydrogen-bond acceptors (Lipinski definition) is 6. The third kappa shape index (κ3) is 12.0. The zero-order valence-corrected chi connectivity index (χ0v) is 30.1. The molecule has 1 atom stereocenters. The molecule has 1 saturated heterocycles. The van der Waals surface area contributed by atoms with E-state index < -0.39 is 11.5 Å². The summed E-state index contributed by atoms with van der Waals surface area (Å²) >= 11 is 0. The van der Waals surface area contributed by atoms with E-state index in [1.807, 2.05) is 50.2 Å². The molecule has 0 spiro atoms. The number of rotatable bonds is 9. The summed E-state index contributed by atoms with van der Waals surface area (Å²) in [6.07, 6.45) is 5.46. The molecule has 0 bridgehead atoms. The van der Waals surface area contributed by atoms with Gasteiger partial charge in [-0.05, 0) is 93.2 Å². The Labute approximate surface area is 281 Å². The summed E-state index contributed by atoms with van der Waals surface area (Å²) in [5.41, 5.74) is 4.12. The summed E-state index contributed by atoms with van der Waals surface area (Å²) < 4.78 is 17.3. The molecular formula is C41H54O6. The van der Waals surface area contributed by atoms with Crippen molar-refractivity contribution in [1.82, 2.24) is 0 Å². The van der Waals surface area contributed by atoms with Gasteiger partial charge in [-0.25, -0.2) is 4.79 Å². The van der Waals surface area contributed by atoms with Crippen molar-refractivity contribution in [2.24, 2.45) is 22.2 Å². The second-order valence-corrected chi connectivity index (χ2v) is 15.8. The first-order chi connectivity index (χ1) is 22.0. The number of aryl methyl sites for hydroxylation is 1. The topological polar surface area (TPSA) is 86.0 Å². The smallest absolute Gasteiger partial charge is 0.334 e. The van der Waals surface area contributed by atoms with Crippen molar-refractivity contribution in [2.45, 2.75) is 101 Å². The Hall–Kier alpha value is -3.82. The minimum Gasteiger partial charge on any atom is -0.461 e. The van der Waals surface area contributed by atoms with Crippen molar-refractivity contribution in [2.75, 3.05) is 13.7 Å². The number of fused-ring (bicyclic) bond motifs is 1. The lowest BCUT2D eigenvalue weighted by Gasteiger charge is -2.30. The number of ether oxygens (including phenoxy) is 2. The number of furan rings is 1. The molecular weight excluding hydrogens is 588 g/mol. The molecule has 0 saturated carbocycles. The second kappa shape index (κ2) is 15.8. The van der Waals surface area contributed by atoms with Gasteiger partial charge >= 0.3 is 11.9 Å². The third-order valence-electron chi connectivity index (χ3n) is 8.02. The highest BCUT2D eigenvalue weighted by molar-refractivity contribution is 5.90. The van der Waals surface area contributed by atoms with Gasteiger partial charge in [-0.2, -0.15) is 0 Å². The molecule has 0 amide bonds. The molecule has 0 aliphatic carbocycles. The van der Waals surface area contributed by atoms with Crippen LogP contribution in [0, 0.1) is 40.9 Å². The molecule has 254 valence electrons. The normalized spacial score (nSPS) is 16.0. The van der Waals surface area contributed by atoms with E-state index in [2.05, 4.69) is 78.5 Å². The summed E-state index contributed by atoms with van der Waals surface area (Å²) in [6.45, 7) is 19.4. The van der Waals surface area contributed by atoms with Crippen LogP contribution in [0.5, 0.6) is 0 Å². The van der Waals surface area contributed by atoms with Crippen LogP contribution >= 0.6 is 0 Å². The van der Waals surface area contributed by atoms with Crippen molar-refractivity contribution in [3.8, 4) is 11.8 Å². The summed E-state index contributed by atoms with van der Waals surface area (Å²) in [7, 11) is 1.00. The van der Waals surface area contributed by atoms with Crippen LogP contribution in [0.25, 0.3) is 11.0 Å². The average molecular weight is 643 g/mol. The van der Waals surface area contributed by atoms with Crippen molar-refractivity contribution in [3.05, 3.63) is 82.6 Å². The van der Waals surface area contributed by atoms with Crippen LogP contribution in [-0.2, 0) is 25.5 Å². The van der Waals surface area contributed by atoms with Crippen LogP contribution in [0.1, 0.15) is 104 Å². The Morgan fingerprint density at radius 1 is 0.936 bits per heavy atom. The number of carbonyl (C=O) groups is 2. The predicted octanol–water partition coefficient (Wildman–Crippen LogP) is 8.98. The maximum Gasteiger partial charge on any atom is 0.334 e. The van der Waals surface area contributed by atoms with Crippen molar-refractivity contribution in [3.63, 3.8) is 0 Å². The Morgan fingerprint density at radius 2 is 1.53 bits per heavy atom. The fourth-order valence-electron chi connectivity index (χ4n) is 6.05. The Morgan fingerprint density at radius 3 is 2.15 bits per heavy atom. The highest BCUT2D eigenvalue weighted by Gasteiger charge is 2.35. The number of carbonyl (C=O) groups excluding carboxylic acids is 2. The number of cyclic esters (lactones) is 1. The molecule has 1 fully saturated rings. The zero-order chi connectivity index (χ0) is 35.0. The van der Waals surface area contributed by atoms with Gasteiger partial charge in [-0.3, -0.25) is 4.79 Å². The number of aliphatic hydroxyl groups is 1. The zero-order valence-electron chi connectivity index (χ0n) is 30.1. The van der Waals surface area contributed by atoms with E-state index in [-0.39, 0.29) is 29.4 Å². The molecule has 1 N–H and O–H groups in total. The van der Waals surface area contributed by atoms with Gasteiger partial charge in [0.15, 0.2) is 0 Å². The van der Waals surface area contributed by atoms with Gasteiger partial charge in [-0.1, -0.05) is 77.2 Å². The molecule has 1 aromatic heterocycles. The van der Waals surface area contributed by atoms with Crippen LogP contribution in [-0.4, -0.2) is 36.9 Å². The highest BCUT2D eigenvalue weighted by Crippen LogP contribution is 2.36. The average Bonchev–Trinajstić information content (AvgIpc) is 3.54. The molecule has 0 radical (unpaired) electrons. The Kier molecular flexibility index (Phi) is 12.7. The Balaban J connectivity index is 0.00000294. The number of hydrogen-bond donors (Lipinski definition) is 1. The summed E-state index contributed by atoms with van der Waals surface area (Å²) in [6, 6.07) is 16.0. The van der Waals surface area contributed by atoms with Gasteiger partial charge in [0.2, 0.25) is 0 Å². The fourth-order valence-corrected chi connectivity index (χ4v) is 6.05. The maximum absolute atomic E-state index is 13.1. The summed E-state index contributed by atoms with van der Waals surface area (Å²) in [4.78, 5) is 25.8. The lowest BCUT2D eigenvalue weighted by atomic mass is 9.75. The van der Waals surface area contributed by atoms with Crippen molar-refractivity contribution >= 4 is 22.9 Å². The van der Waals surface area contributed by atoms with Crippen molar-refractivity contribution in [1.29, 1.82) is 0 Å². The van der Waals surface area contributed by atoms with E-state index in [9.17, 15) is 9.59 Å². The van der Waals surface area contributed by atoms with Crippen LogP contribution in [0.2, 0.25) is 0 Å². The molecule has 6 nitrogen and oxygen atoms in total.